The molecule has 1 aliphatic heterocycles. The molecule has 6 nitrogen and oxygen atoms in total. The molecule has 3 amide bonds. The van der Waals surface area contributed by atoms with Crippen molar-refractivity contribution in [1.29, 1.82) is 0 Å². The highest BCUT2D eigenvalue weighted by Gasteiger charge is 2.31. The van der Waals surface area contributed by atoms with Crippen LogP contribution in [0.3, 0.4) is 0 Å². The lowest BCUT2D eigenvalue weighted by molar-refractivity contribution is -0.124. The van der Waals surface area contributed by atoms with E-state index in [1.165, 1.54) is 16.7 Å². The monoisotopic (exact) mass is 479 g/mol. The van der Waals surface area contributed by atoms with Crippen LogP contribution >= 0.6 is 24.0 Å². The quantitative estimate of drug-likeness (QED) is 0.350. The highest BCUT2D eigenvalue weighted by Crippen LogP contribution is 2.32. The molecule has 0 unspecified atom stereocenters. The Kier molecular flexibility index (Phi) is 8.57. The van der Waals surface area contributed by atoms with Gasteiger partial charge in [-0.05, 0) is 49.6 Å². The first-order valence-corrected chi connectivity index (χ1v) is 11.7. The van der Waals surface area contributed by atoms with Gasteiger partial charge in [0.05, 0.1) is 4.91 Å². The van der Waals surface area contributed by atoms with E-state index >= 15 is 0 Å². The number of thiocarbonyl (C=S) groups is 1. The Bertz CT molecular complexity index is 1110. The number of carbonyl (C=O) groups is 3. The average Bonchev–Trinajstić information content (AvgIpc) is 3.05. The zero-order valence-corrected chi connectivity index (χ0v) is 20.1. The van der Waals surface area contributed by atoms with E-state index in [-0.39, 0.29) is 24.1 Å². The number of hydrogen-bond donors (Lipinski definition) is 2. The first kappa shape index (κ1) is 24.4. The Hall–Kier alpha value is -3.23. The number of thioether (sulfide) groups is 1. The van der Waals surface area contributed by atoms with Gasteiger partial charge < -0.3 is 0 Å². The third kappa shape index (κ3) is 7.13. The molecular weight excluding hydrogens is 454 g/mol. The molecular formula is C25H25N3O3S2. The first-order valence-electron chi connectivity index (χ1n) is 10.5. The molecule has 2 N–H and O–H groups in total. The second-order valence-electron chi connectivity index (χ2n) is 7.60. The molecule has 0 radical (unpaired) electrons. The molecule has 0 aliphatic carbocycles. The number of carbonyl (C=O) groups excluding carboxylic acids is 3. The van der Waals surface area contributed by atoms with Crippen LogP contribution in [0.5, 0.6) is 0 Å². The van der Waals surface area contributed by atoms with Crippen LogP contribution in [0.25, 0.3) is 6.08 Å². The van der Waals surface area contributed by atoms with Crippen molar-refractivity contribution >= 4 is 52.1 Å². The minimum Gasteiger partial charge on any atom is -0.293 e. The second kappa shape index (κ2) is 11.6. The molecule has 0 aromatic heterocycles. The van der Waals surface area contributed by atoms with E-state index in [1.54, 1.807) is 12.1 Å². The molecule has 170 valence electrons. The number of nitrogens with one attached hydrogen (secondary N) is 2. The summed E-state index contributed by atoms with van der Waals surface area (Å²) in [4.78, 5) is 38.9. The van der Waals surface area contributed by atoms with Crippen LogP contribution in [0.15, 0.2) is 71.2 Å². The van der Waals surface area contributed by atoms with Gasteiger partial charge >= 0.3 is 0 Å². The van der Waals surface area contributed by atoms with E-state index in [2.05, 4.69) is 10.9 Å². The standard InChI is InChI=1S/C25H25N3O3S2/c1-17-10-12-20(13-11-17)23(30)27-26-22(29)9-6-14-28-24(31)21(33-25(28)32)16-18(2)15-19-7-4-3-5-8-19/h3-5,7-8,10-13,15-16H,6,9,14H2,1-2H3,(H,26,29)(H,27,30). The maximum atomic E-state index is 12.7. The highest BCUT2D eigenvalue weighted by molar-refractivity contribution is 8.26. The number of benzene rings is 2. The van der Waals surface area contributed by atoms with Gasteiger partial charge in [-0.15, -0.1) is 0 Å². The molecule has 3 rings (SSSR count). The van der Waals surface area contributed by atoms with E-state index in [0.29, 0.717) is 27.8 Å². The number of aryl methyl sites for hydroxylation is 1. The molecule has 2 aromatic rings. The first-order chi connectivity index (χ1) is 15.8. The van der Waals surface area contributed by atoms with Crippen LogP contribution in [-0.4, -0.2) is 33.5 Å². The zero-order chi connectivity index (χ0) is 23.8. The van der Waals surface area contributed by atoms with E-state index in [9.17, 15) is 14.4 Å². The number of rotatable bonds is 7. The summed E-state index contributed by atoms with van der Waals surface area (Å²) in [6.45, 7) is 4.21. The number of nitrogens with zero attached hydrogens (tertiary/aromatic N) is 1. The summed E-state index contributed by atoms with van der Waals surface area (Å²) >= 11 is 6.62. The van der Waals surface area contributed by atoms with Crippen LogP contribution in [0.4, 0.5) is 0 Å². The van der Waals surface area contributed by atoms with Gasteiger partial charge in [-0.2, -0.15) is 0 Å². The number of allylic oxidation sites excluding steroid dienone is 2. The van der Waals surface area contributed by atoms with Gasteiger partial charge in [-0.3, -0.25) is 30.1 Å². The fourth-order valence-corrected chi connectivity index (χ4v) is 4.48. The minimum absolute atomic E-state index is 0.150. The SMILES string of the molecule is CC(=Cc1ccccc1)C=C1SC(=S)N(CCCC(=O)NNC(=O)c2ccc(C)cc2)C1=O. The molecule has 33 heavy (non-hydrogen) atoms. The van der Waals surface area contributed by atoms with Crippen molar-refractivity contribution in [3.05, 3.63) is 87.8 Å². The van der Waals surface area contributed by atoms with Crippen LogP contribution in [0.2, 0.25) is 0 Å². The molecule has 1 saturated heterocycles. The lowest BCUT2D eigenvalue weighted by atomic mass is 10.1. The van der Waals surface area contributed by atoms with Gasteiger partial charge in [-0.25, -0.2) is 0 Å². The topological polar surface area (TPSA) is 78.5 Å². The molecule has 1 fully saturated rings. The van der Waals surface area contributed by atoms with Gasteiger partial charge in [-0.1, -0.05) is 78.1 Å². The lowest BCUT2D eigenvalue weighted by Crippen LogP contribution is -2.41. The summed E-state index contributed by atoms with van der Waals surface area (Å²) in [5, 5.41) is 0. The van der Waals surface area contributed by atoms with Crippen LogP contribution < -0.4 is 10.9 Å². The minimum atomic E-state index is -0.385. The molecule has 0 atom stereocenters. The molecule has 8 heteroatoms. The fourth-order valence-electron chi connectivity index (χ4n) is 3.12. The Morgan fingerprint density at radius 1 is 1.06 bits per heavy atom. The van der Waals surface area contributed by atoms with Crippen LogP contribution in [0, 0.1) is 6.92 Å². The summed E-state index contributed by atoms with van der Waals surface area (Å²) in [6, 6.07) is 16.9. The molecule has 0 saturated carbocycles. The van der Waals surface area contributed by atoms with E-state index in [1.807, 2.05) is 68.5 Å². The molecule has 0 spiro atoms. The summed E-state index contributed by atoms with van der Waals surface area (Å²) in [5.74, 6) is -0.874. The molecule has 1 heterocycles. The predicted octanol–water partition coefficient (Wildman–Crippen LogP) is 4.38. The summed E-state index contributed by atoms with van der Waals surface area (Å²) in [7, 11) is 0. The van der Waals surface area contributed by atoms with Crippen LogP contribution in [0.1, 0.15) is 41.3 Å². The molecule has 0 bridgehead atoms. The van der Waals surface area contributed by atoms with Crippen LogP contribution in [-0.2, 0) is 9.59 Å². The van der Waals surface area contributed by atoms with Crippen molar-refractivity contribution in [3.63, 3.8) is 0 Å². The van der Waals surface area contributed by atoms with Gasteiger partial charge in [0.15, 0.2) is 0 Å². The van der Waals surface area contributed by atoms with Gasteiger partial charge in [0.25, 0.3) is 11.8 Å². The van der Waals surface area contributed by atoms with E-state index in [0.717, 1.165) is 16.7 Å². The lowest BCUT2D eigenvalue weighted by Gasteiger charge is -2.14. The Morgan fingerprint density at radius 2 is 1.76 bits per heavy atom. The Labute approximate surface area is 203 Å². The third-order valence-corrected chi connectivity index (χ3v) is 6.22. The Morgan fingerprint density at radius 3 is 2.45 bits per heavy atom. The van der Waals surface area contributed by atoms with Gasteiger partial charge in [0.1, 0.15) is 4.32 Å². The Balaban J connectivity index is 1.46. The predicted molar refractivity (Wildman–Crippen MR) is 136 cm³/mol. The smallest absolute Gasteiger partial charge is 0.269 e. The van der Waals surface area contributed by atoms with Crippen molar-refractivity contribution in [2.45, 2.75) is 26.7 Å². The normalized spacial score (nSPS) is 15.2. The van der Waals surface area contributed by atoms with E-state index < -0.39 is 0 Å². The van der Waals surface area contributed by atoms with Crippen molar-refractivity contribution in [2.24, 2.45) is 0 Å². The van der Waals surface area contributed by atoms with Crippen molar-refractivity contribution < 1.29 is 14.4 Å². The largest absolute Gasteiger partial charge is 0.293 e. The van der Waals surface area contributed by atoms with E-state index in [4.69, 9.17) is 12.2 Å². The highest BCUT2D eigenvalue weighted by atomic mass is 32.2. The average molecular weight is 480 g/mol. The maximum absolute atomic E-state index is 12.7. The summed E-state index contributed by atoms with van der Waals surface area (Å²) < 4.78 is 0.479. The molecule has 2 aromatic carbocycles. The van der Waals surface area contributed by atoms with Crippen molar-refractivity contribution in [2.75, 3.05) is 6.54 Å². The van der Waals surface area contributed by atoms with Gasteiger partial charge in [0, 0.05) is 18.5 Å². The zero-order valence-electron chi connectivity index (χ0n) is 18.5. The second-order valence-corrected chi connectivity index (χ2v) is 9.28. The van der Waals surface area contributed by atoms with Gasteiger partial charge in [0.2, 0.25) is 5.91 Å². The summed E-state index contributed by atoms with van der Waals surface area (Å²) in [6.07, 6.45) is 4.41. The number of hydrazine groups is 1. The summed E-state index contributed by atoms with van der Waals surface area (Å²) in [5.41, 5.74) is 8.31. The molecule has 1 aliphatic rings. The number of hydrogen-bond acceptors (Lipinski definition) is 5. The maximum Gasteiger partial charge on any atom is 0.269 e. The third-order valence-electron chi connectivity index (χ3n) is 4.84. The fraction of sp³-hybridized carbons (Fsp3) is 0.200. The van der Waals surface area contributed by atoms with Crippen molar-refractivity contribution in [1.82, 2.24) is 15.8 Å². The van der Waals surface area contributed by atoms with Crippen molar-refractivity contribution in [3.8, 4) is 0 Å². The number of amides is 3.